The molecule has 0 aliphatic rings. The summed E-state index contributed by atoms with van der Waals surface area (Å²) in [6, 6.07) is 6.87. The summed E-state index contributed by atoms with van der Waals surface area (Å²) in [5.74, 6) is -0.470. The number of carbonyl (C=O) groups is 2. The highest BCUT2D eigenvalue weighted by molar-refractivity contribution is 5.91. The lowest BCUT2D eigenvalue weighted by molar-refractivity contribution is -0.141. The van der Waals surface area contributed by atoms with Crippen LogP contribution in [0.5, 0.6) is 0 Å². The summed E-state index contributed by atoms with van der Waals surface area (Å²) >= 11 is 0. The number of aromatic nitrogens is 2. The average molecular weight is 247 g/mol. The predicted molar refractivity (Wildman–Crippen MR) is 65.2 cm³/mol. The summed E-state index contributed by atoms with van der Waals surface area (Å²) in [5.41, 5.74) is 0.693. The van der Waals surface area contributed by atoms with Gasteiger partial charge in [-0.05, 0) is 13.0 Å². The maximum Gasteiger partial charge on any atom is 0.343 e. The predicted octanol–water partition coefficient (Wildman–Crippen LogP) is 1.16. The second-order valence-corrected chi connectivity index (χ2v) is 3.58. The van der Waals surface area contributed by atoms with Gasteiger partial charge >= 0.3 is 12.0 Å². The van der Waals surface area contributed by atoms with Crippen molar-refractivity contribution in [3.05, 3.63) is 30.5 Å². The van der Waals surface area contributed by atoms with Crippen LogP contribution in [0.2, 0.25) is 0 Å². The van der Waals surface area contributed by atoms with Gasteiger partial charge in [0.1, 0.15) is 6.54 Å². The number of carbonyl (C=O) groups excluding carboxylic acids is 2. The van der Waals surface area contributed by atoms with Crippen molar-refractivity contribution < 1.29 is 14.3 Å². The van der Waals surface area contributed by atoms with Crippen LogP contribution in [0, 0.1) is 0 Å². The van der Waals surface area contributed by atoms with Crippen LogP contribution in [0.1, 0.15) is 6.92 Å². The number of rotatable bonds is 3. The quantitative estimate of drug-likeness (QED) is 0.826. The zero-order valence-electron chi connectivity index (χ0n) is 9.92. The van der Waals surface area contributed by atoms with E-state index in [9.17, 15) is 9.59 Å². The molecule has 0 spiro atoms. The first-order valence-electron chi connectivity index (χ1n) is 5.59. The largest absolute Gasteiger partial charge is 0.465 e. The van der Waals surface area contributed by atoms with Crippen molar-refractivity contribution in [1.82, 2.24) is 15.1 Å². The standard InChI is InChI=1S/C12H13N3O3/c1-2-18-11(16)8-13-12(17)15-10-6-4-3-5-9(10)7-14-15/h3-7H,2,8H2,1H3,(H,13,17). The van der Waals surface area contributed by atoms with Crippen molar-refractivity contribution in [2.75, 3.05) is 13.2 Å². The van der Waals surface area contributed by atoms with E-state index < -0.39 is 12.0 Å². The summed E-state index contributed by atoms with van der Waals surface area (Å²) in [7, 11) is 0. The van der Waals surface area contributed by atoms with E-state index in [-0.39, 0.29) is 6.54 Å². The van der Waals surface area contributed by atoms with E-state index in [1.54, 1.807) is 19.2 Å². The van der Waals surface area contributed by atoms with Gasteiger partial charge in [0, 0.05) is 5.39 Å². The zero-order chi connectivity index (χ0) is 13.0. The number of amides is 1. The molecular weight excluding hydrogens is 234 g/mol. The molecule has 0 aliphatic carbocycles. The molecule has 6 heteroatoms. The van der Waals surface area contributed by atoms with Gasteiger partial charge in [-0.25, -0.2) is 4.79 Å². The third-order valence-corrected chi connectivity index (χ3v) is 2.36. The van der Waals surface area contributed by atoms with E-state index in [4.69, 9.17) is 4.74 Å². The Hall–Kier alpha value is -2.37. The molecule has 0 unspecified atom stereocenters. The van der Waals surface area contributed by atoms with Crippen molar-refractivity contribution in [2.45, 2.75) is 6.92 Å². The van der Waals surface area contributed by atoms with Crippen LogP contribution in [-0.4, -0.2) is 34.9 Å². The van der Waals surface area contributed by atoms with Gasteiger partial charge in [0.05, 0.1) is 18.3 Å². The molecule has 1 heterocycles. The van der Waals surface area contributed by atoms with E-state index in [1.165, 1.54) is 4.68 Å². The van der Waals surface area contributed by atoms with Crippen LogP contribution in [0.25, 0.3) is 10.9 Å². The van der Waals surface area contributed by atoms with Gasteiger partial charge in [-0.3, -0.25) is 4.79 Å². The normalized spacial score (nSPS) is 10.3. The molecule has 0 saturated heterocycles. The molecule has 1 amide bonds. The maximum atomic E-state index is 11.8. The topological polar surface area (TPSA) is 73.2 Å². The van der Waals surface area contributed by atoms with E-state index in [2.05, 4.69) is 10.4 Å². The molecular formula is C12H13N3O3. The Morgan fingerprint density at radius 3 is 2.94 bits per heavy atom. The summed E-state index contributed by atoms with van der Waals surface area (Å²) in [6.45, 7) is 1.83. The Kier molecular flexibility index (Phi) is 3.57. The number of para-hydroxylation sites is 1. The number of ether oxygens (including phenoxy) is 1. The number of nitrogens with zero attached hydrogens (tertiary/aromatic N) is 2. The van der Waals surface area contributed by atoms with E-state index >= 15 is 0 Å². The number of esters is 1. The lowest BCUT2D eigenvalue weighted by atomic mass is 10.3. The number of fused-ring (bicyclic) bond motifs is 1. The van der Waals surface area contributed by atoms with E-state index in [0.717, 1.165) is 5.39 Å². The Bertz CT molecular complexity index is 577. The van der Waals surface area contributed by atoms with E-state index in [0.29, 0.717) is 12.1 Å². The minimum Gasteiger partial charge on any atom is -0.465 e. The second-order valence-electron chi connectivity index (χ2n) is 3.58. The summed E-state index contributed by atoms with van der Waals surface area (Å²) in [4.78, 5) is 22.9. The first-order valence-corrected chi connectivity index (χ1v) is 5.59. The highest BCUT2D eigenvalue weighted by atomic mass is 16.5. The molecule has 0 atom stereocenters. The van der Waals surface area contributed by atoms with Gasteiger partial charge in [-0.2, -0.15) is 9.78 Å². The van der Waals surface area contributed by atoms with Gasteiger partial charge < -0.3 is 10.1 Å². The fourth-order valence-electron chi connectivity index (χ4n) is 1.57. The molecule has 6 nitrogen and oxygen atoms in total. The Balaban J connectivity index is 2.07. The van der Waals surface area contributed by atoms with Gasteiger partial charge in [0.15, 0.2) is 0 Å². The maximum absolute atomic E-state index is 11.8. The molecule has 0 bridgehead atoms. The second kappa shape index (κ2) is 5.31. The van der Waals surface area contributed by atoms with Crippen molar-refractivity contribution in [1.29, 1.82) is 0 Å². The molecule has 2 aromatic rings. The lowest BCUT2D eigenvalue weighted by Gasteiger charge is -2.05. The van der Waals surface area contributed by atoms with Crippen LogP contribution in [0.3, 0.4) is 0 Å². The Morgan fingerprint density at radius 1 is 1.39 bits per heavy atom. The van der Waals surface area contributed by atoms with Crippen LogP contribution >= 0.6 is 0 Å². The number of benzene rings is 1. The molecule has 1 N–H and O–H groups in total. The van der Waals surface area contributed by atoms with Crippen LogP contribution in [-0.2, 0) is 9.53 Å². The third kappa shape index (κ3) is 2.48. The molecule has 1 aromatic heterocycles. The Morgan fingerprint density at radius 2 is 2.17 bits per heavy atom. The minimum absolute atomic E-state index is 0.166. The first kappa shape index (κ1) is 12.1. The molecule has 0 fully saturated rings. The smallest absolute Gasteiger partial charge is 0.343 e. The number of nitrogens with one attached hydrogen (secondary N) is 1. The van der Waals surface area contributed by atoms with Gasteiger partial charge in [-0.15, -0.1) is 0 Å². The molecule has 0 saturated carbocycles. The van der Waals surface area contributed by atoms with Gasteiger partial charge in [0.25, 0.3) is 0 Å². The Labute approximate surface area is 104 Å². The van der Waals surface area contributed by atoms with E-state index in [1.807, 2.05) is 18.2 Å². The molecule has 0 aliphatic heterocycles. The number of hydrogen-bond acceptors (Lipinski definition) is 4. The van der Waals surface area contributed by atoms with Crippen molar-refractivity contribution in [3.8, 4) is 0 Å². The van der Waals surface area contributed by atoms with Gasteiger partial charge in [0.2, 0.25) is 0 Å². The zero-order valence-corrected chi connectivity index (χ0v) is 9.92. The first-order chi connectivity index (χ1) is 8.72. The molecule has 2 rings (SSSR count). The van der Waals surface area contributed by atoms with Crippen molar-refractivity contribution >= 4 is 22.9 Å². The minimum atomic E-state index is -0.470. The monoisotopic (exact) mass is 247 g/mol. The summed E-state index contributed by atoms with van der Waals surface area (Å²) in [5, 5.41) is 7.29. The van der Waals surface area contributed by atoms with Crippen LogP contribution in [0.4, 0.5) is 4.79 Å². The summed E-state index contributed by atoms with van der Waals surface area (Å²) < 4.78 is 5.93. The highest BCUT2D eigenvalue weighted by Crippen LogP contribution is 2.11. The van der Waals surface area contributed by atoms with Crippen molar-refractivity contribution in [2.24, 2.45) is 0 Å². The SMILES string of the molecule is CCOC(=O)CNC(=O)n1ncc2ccccc21. The molecule has 18 heavy (non-hydrogen) atoms. The summed E-state index contributed by atoms with van der Waals surface area (Å²) in [6.07, 6.45) is 1.60. The molecule has 0 radical (unpaired) electrons. The molecule has 1 aromatic carbocycles. The number of hydrogen-bond donors (Lipinski definition) is 1. The lowest BCUT2D eigenvalue weighted by Crippen LogP contribution is -2.34. The fraction of sp³-hybridized carbons (Fsp3) is 0.250. The highest BCUT2D eigenvalue weighted by Gasteiger charge is 2.11. The van der Waals surface area contributed by atoms with Crippen molar-refractivity contribution in [3.63, 3.8) is 0 Å². The fourth-order valence-corrected chi connectivity index (χ4v) is 1.57. The van der Waals surface area contributed by atoms with Crippen LogP contribution < -0.4 is 5.32 Å². The third-order valence-electron chi connectivity index (χ3n) is 2.36. The average Bonchev–Trinajstić information content (AvgIpc) is 2.80. The molecule has 94 valence electrons. The van der Waals surface area contributed by atoms with Crippen LogP contribution in [0.15, 0.2) is 30.5 Å². The van der Waals surface area contributed by atoms with Gasteiger partial charge in [-0.1, -0.05) is 18.2 Å².